The number of likely N-dealkylation sites (N-methyl/N-ethyl adjacent to an activating group) is 1. The molecule has 0 bridgehead atoms. The SMILES string of the molecule is Cc1ccc(S(=O)(=O)N(C)CC(=O)Nc2ccc(Oc3ncccn3)cc2)cc1C. The van der Waals surface area contributed by atoms with Crippen molar-refractivity contribution in [2.45, 2.75) is 18.7 Å². The fraction of sp³-hybridized carbons (Fsp3) is 0.190. The normalized spacial score (nSPS) is 11.3. The molecule has 0 spiro atoms. The molecule has 0 fully saturated rings. The Hall–Kier alpha value is -3.30. The van der Waals surface area contributed by atoms with Crippen LogP contribution in [-0.4, -0.2) is 42.2 Å². The Morgan fingerprint density at radius 1 is 1.03 bits per heavy atom. The molecule has 1 amide bonds. The third-order valence-corrected chi connectivity index (χ3v) is 6.24. The molecule has 156 valence electrons. The van der Waals surface area contributed by atoms with Crippen molar-refractivity contribution in [3.63, 3.8) is 0 Å². The summed E-state index contributed by atoms with van der Waals surface area (Å²) < 4.78 is 32.0. The predicted molar refractivity (Wildman–Crippen MR) is 113 cm³/mol. The number of sulfonamides is 1. The van der Waals surface area contributed by atoms with Gasteiger partial charge in [0.2, 0.25) is 15.9 Å². The zero-order chi connectivity index (χ0) is 21.7. The van der Waals surface area contributed by atoms with E-state index in [1.807, 2.05) is 13.8 Å². The van der Waals surface area contributed by atoms with Crippen molar-refractivity contribution in [2.75, 3.05) is 18.9 Å². The van der Waals surface area contributed by atoms with Crippen LogP contribution in [0.3, 0.4) is 0 Å². The maximum absolute atomic E-state index is 12.7. The summed E-state index contributed by atoms with van der Waals surface area (Å²) >= 11 is 0. The van der Waals surface area contributed by atoms with Crippen LogP contribution in [0.15, 0.2) is 65.8 Å². The molecule has 1 aromatic heterocycles. The van der Waals surface area contributed by atoms with Crippen molar-refractivity contribution in [2.24, 2.45) is 0 Å². The third-order valence-electron chi connectivity index (χ3n) is 4.44. The van der Waals surface area contributed by atoms with Gasteiger partial charge in [-0.2, -0.15) is 4.31 Å². The van der Waals surface area contributed by atoms with E-state index < -0.39 is 15.9 Å². The second kappa shape index (κ2) is 9.02. The average Bonchev–Trinajstić information content (AvgIpc) is 2.72. The van der Waals surface area contributed by atoms with Gasteiger partial charge in [0.25, 0.3) is 0 Å². The minimum absolute atomic E-state index is 0.158. The fourth-order valence-electron chi connectivity index (χ4n) is 2.59. The molecule has 3 rings (SSSR count). The third kappa shape index (κ3) is 5.19. The number of anilines is 1. The predicted octanol–water partition coefficient (Wildman–Crippen LogP) is 3.14. The van der Waals surface area contributed by atoms with Crippen LogP contribution in [-0.2, 0) is 14.8 Å². The molecule has 30 heavy (non-hydrogen) atoms. The first-order valence-corrected chi connectivity index (χ1v) is 10.6. The van der Waals surface area contributed by atoms with E-state index in [4.69, 9.17) is 4.74 Å². The Balaban J connectivity index is 1.61. The summed E-state index contributed by atoms with van der Waals surface area (Å²) in [5.74, 6) is 0.0543. The molecule has 9 heteroatoms. The van der Waals surface area contributed by atoms with E-state index in [0.29, 0.717) is 11.4 Å². The number of amides is 1. The number of aryl methyl sites for hydroxylation is 2. The molecular formula is C21H22N4O4S. The van der Waals surface area contributed by atoms with Gasteiger partial charge in [-0.15, -0.1) is 0 Å². The number of hydrogen-bond donors (Lipinski definition) is 1. The van der Waals surface area contributed by atoms with Crippen LogP contribution in [0.4, 0.5) is 5.69 Å². The summed E-state index contributed by atoms with van der Waals surface area (Å²) in [7, 11) is -2.39. The summed E-state index contributed by atoms with van der Waals surface area (Å²) in [6, 6.07) is 13.4. The van der Waals surface area contributed by atoms with E-state index in [1.165, 1.54) is 7.05 Å². The zero-order valence-electron chi connectivity index (χ0n) is 16.9. The summed E-state index contributed by atoms with van der Waals surface area (Å²) in [5.41, 5.74) is 2.39. The highest BCUT2D eigenvalue weighted by atomic mass is 32.2. The molecule has 3 aromatic rings. The standard InChI is InChI=1S/C21H22N4O4S/c1-15-5-10-19(13-16(15)2)30(27,28)25(3)14-20(26)24-17-6-8-18(9-7-17)29-21-22-11-4-12-23-21/h4-13H,14H2,1-3H3,(H,24,26). The molecule has 2 aromatic carbocycles. The van der Waals surface area contributed by atoms with Crippen molar-refractivity contribution < 1.29 is 17.9 Å². The number of ether oxygens (including phenoxy) is 1. The molecular weight excluding hydrogens is 404 g/mol. The monoisotopic (exact) mass is 426 g/mol. The van der Waals surface area contributed by atoms with E-state index in [-0.39, 0.29) is 17.5 Å². The Morgan fingerprint density at radius 3 is 2.33 bits per heavy atom. The van der Waals surface area contributed by atoms with Crippen molar-refractivity contribution in [3.8, 4) is 11.8 Å². The Bertz CT molecular complexity index is 1130. The number of rotatable bonds is 7. The molecule has 0 aliphatic heterocycles. The van der Waals surface area contributed by atoms with Crippen molar-refractivity contribution in [1.29, 1.82) is 0 Å². The molecule has 1 N–H and O–H groups in total. The lowest BCUT2D eigenvalue weighted by molar-refractivity contribution is -0.116. The second-order valence-electron chi connectivity index (χ2n) is 6.71. The molecule has 0 radical (unpaired) electrons. The van der Waals surface area contributed by atoms with E-state index in [1.54, 1.807) is 60.9 Å². The van der Waals surface area contributed by atoms with Crippen molar-refractivity contribution >= 4 is 21.6 Å². The van der Waals surface area contributed by atoms with Gasteiger partial charge in [0.1, 0.15) is 5.75 Å². The van der Waals surface area contributed by atoms with Crippen molar-refractivity contribution in [3.05, 3.63) is 72.1 Å². The summed E-state index contributed by atoms with van der Waals surface area (Å²) in [6.45, 7) is 3.44. The average molecular weight is 426 g/mol. The smallest absolute Gasteiger partial charge is 0.321 e. The minimum Gasteiger partial charge on any atom is -0.424 e. The number of hydrogen-bond acceptors (Lipinski definition) is 6. The van der Waals surface area contributed by atoms with E-state index in [0.717, 1.165) is 15.4 Å². The molecule has 0 saturated heterocycles. The fourth-order valence-corrected chi connectivity index (χ4v) is 3.80. The van der Waals surface area contributed by atoms with Crippen molar-refractivity contribution in [1.82, 2.24) is 14.3 Å². The van der Waals surface area contributed by atoms with Gasteiger partial charge < -0.3 is 10.1 Å². The number of aromatic nitrogens is 2. The second-order valence-corrected chi connectivity index (χ2v) is 8.76. The Kier molecular flexibility index (Phi) is 6.43. The molecule has 0 atom stereocenters. The summed E-state index contributed by atoms with van der Waals surface area (Å²) in [4.78, 5) is 20.4. The first kappa shape index (κ1) is 21.4. The highest BCUT2D eigenvalue weighted by molar-refractivity contribution is 7.89. The minimum atomic E-state index is -3.77. The number of benzene rings is 2. The van der Waals surface area contributed by atoms with Gasteiger partial charge in [0, 0.05) is 25.1 Å². The van der Waals surface area contributed by atoms with Gasteiger partial charge in [-0.3, -0.25) is 4.79 Å². The largest absolute Gasteiger partial charge is 0.424 e. The molecule has 0 unspecified atom stereocenters. The zero-order valence-corrected chi connectivity index (χ0v) is 17.7. The van der Waals surface area contributed by atoms with Gasteiger partial charge in [-0.05, 0) is 67.4 Å². The summed E-state index contributed by atoms with van der Waals surface area (Å²) in [6.07, 6.45) is 3.14. The number of nitrogens with zero attached hydrogens (tertiary/aromatic N) is 3. The maximum atomic E-state index is 12.7. The first-order valence-electron chi connectivity index (χ1n) is 9.14. The van der Waals surface area contributed by atoms with E-state index in [2.05, 4.69) is 15.3 Å². The highest BCUT2D eigenvalue weighted by Crippen LogP contribution is 2.21. The van der Waals surface area contributed by atoms with E-state index in [9.17, 15) is 13.2 Å². The summed E-state index contributed by atoms with van der Waals surface area (Å²) in [5, 5.41) is 2.68. The Morgan fingerprint density at radius 2 is 1.70 bits per heavy atom. The van der Waals surface area contributed by atoms with Crippen LogP contribution in [0.5, 0.6) is 11.8 Å². The molecule has 0 aliphatic carbocycles. The van der Waals surface area contributed by atoms with E-state index >= 15 is 0 Å². The molecule has 8 nitrogen and oxygen atoms in total. The van der Waals surface area contributed by atoms with Gasteiger partial charge in [0.15, 0.2) is 0 Å². The van der Waals surface area contributed by atoms with Crippen LogP contribution < -0.4 is 10.1 Å². The van der Waals surface area contributed by atoms with Crippen LogP contribution in [0.1, 0.15) is 11.1 Å². The van der Waals surface area contributed by atoms with Crippen LogP contribution in [0, 0.1) is 13.8 Å². The van der Waals surface area contributed by atoms with Gasteiger partial charge in [0.05, 0.1) is 11.4 Å². The molecule has 0 saturated carbocycles. The number of nitrogens with one attached hydrogen (secondary N) is 1. The first-order chi connectivity index (χ1) is 14.3. The van der Waals surface area contributed by atoms with Gasteiger partial charge in [-0.25, -0.2) is 18.4 Å². The quantitative estimate of drug-likeness (QED) is 0.623. The van der Waals surface area contributed by atoms with Crippen LogP contribution in [0.25, 0.3) is 0 Å². The number of carbonyl (C=O) groups is 1. The van der Waals surface area contributed by atoms with Gasteiger partial charge in [-0.1, -0.05) is 6.07 Å². The lowest BCUT2D eigenvalue weighted by atomic mass is 10.1. The maximum Gasteiger partial charge on any atom is 0.321 e. The lowest BCUT2D eigenvalue weighted by Gasteiger charge is -2.17. The highest BCUT2D eigenvalue weighted by Gasteiger charge is 2.23. The molecule has 0 aliphatic rings. The number of carbonyl (C=O) groups excluding carboxylic acids is 1. The van der Waals surface area contributed by atoms with Crippen LogP contribution in [0.2, 0.25) is 0 Å². The van der Waals surface area contributed by atoms with Gasteiger partial charge >= 0.3 is 6.01 Å². The Labute approximate surface area is 175 Å². The lowest BCUT2D eigenvalue weighted by Crippen LogP contribution is -2.35. The molecule has 1 heterocycles. The van der Waals surface area contributed by atoms with Crippen LogP contribution >= 0.6 is 0 Å². The topological polar surface area (TPSA) is 101 Å².